The van der Waals surface area contributed by atoms with Crippen molar-refractivity contribution >= 4 is 0 Å². The van der Waals surface area contributed by atoms with Crippen LogP contribution in [0.15, 0.2) is 36.4 Å². The summed E-state index contributed by atoms with van der Waals surface area (Å²) >= 11 is 0. The summed E-state index contributed by atoms with van der Waals surface area (Å²) in [6, 6.07) is 12.2. The molecule has 2 atom stereocenters. The van der Waals surface area contributed by atoms with E-state index < -0.39 is 0 Å². The fraction of sp³-hybridized carbons (Fsp3) is 0.368. The largest absolute Gasteiger partial charge is 0.493 e. The number of hydrogen-bond acceptors (Lipinski definition) is 4. The molecule has 0 amide bonds. The van der Waals surface area contributed by atoms with E-state index in [0.29, 0.717) is 13.0 Å². The molecule has 2 N–H and O–H groups in total. The Kier molecular flexibility index (Phi) is 4.55. The van der Waals surface area contributed by atoms with Crippen LogP contribution in [0.3, 0.4) is 0 Å². The molecule has 0 heterocycles. The maximum absolute atomic E-state index is 10.3. The standard InChI is InChI=1S/C19H23NO3/c1-12-8-17(22-2)18(23-3)10-14(12)11-20-19-15-7-5-4-6-13(15)9-16(19)21/h4-8,10,16,19-21H,9,11H2,1-3H3/t16-,19+/m1/s1. The van der Waals surface area contributed by atoms with Crippen LogP contribution in [-0.4, -0.2) is 25.4 Å². The topological polar surface area (TPSA) is 50.7 Å². The third-order valence-electron chi connectivity index (χ3n) is 4.56. The molecule has 0 aliphatic heterocycles. The third-order valence-corrected chi connectivity index (χ3v) is 4.56. The molecule has 1 aliphatic carbocycles. The zero-order valence-electron chi connectivity index (χ0n) is 13.8. The minimum absolute atomic E-state index is 0.0290. The van der Waals surface area contributed by atoms with Gasteiger partial charge in [0.2, 0.25) is 0 Å². The van der Waals surface area contributed by atoms with E-state index in [1.807, 2.05) is 24.3 Å². The van der Waals surface area contributed by atoms with Gasteiger partial charge in [0.15, 0.2) is 11.5 Å². The number of benzene rings is 2. The second kappa shape index (κ2) is 6.60. The zero-order chi connectivity index (χ0) is 16.4. The van der Waals surface area contributed by atoms with Gasteiger partial charge in [-0.15, -0.1) is 0 Å². The number of hydrogen-bond donors (Lipinski definition) is 2. The lowest BCUT2D eigenvalue weighted by atomic mass is 10.0. The van der Waals surface area contributed by atoms with Crippen molar-refractivity contribution in [1.29, 1.82) is 0 Å². The molecule has 0 aromatic heterocycles. The van der Waals surface area contributed by atoms with Gasteiger partial charge in [0.1, 0.15) is 0 Å². The molecule has 23 heavy (non-hydrogen) atoms. The average Bonchev–Trinajstić information content (AvgIpc) is 2.88. The highest BCUT2D eigenvalue weighted by Gasteiger charge is 2.30. The van der Waals surface area contributed by atoms with Gasteiger partial charge in [0.25, 0.3) is 0 Å². The normalized spacial score (nSPS) is 19.5. The smallest absolute Gasteiger partial charge is 0.161 e. The third kappa shape index (κ3) is 3.05. The van der Waals surface area contributed by atoms with Crippen LogP contribution < -0.4 is 14.8 Å². The summed E-state index contributed by atoms with van der Waals surface area (Å²) in [7, 11) is 3.28. The fourth-order valence-corrected chi connectivity index (χ4v) is 3.25. The van der Waals surface area contributed by atoms with E-state index in [9.17, 15) is 5.11 Å². The van der Waals surface area contributed by atoms with Crippen LogP contribution in [0.25, 0.3) is 0 Å². The van der Waals surface area contributed by atoms with E-state index >= 15 is 0 Å². The lowest BCUT2D eigenvalue weighted by molar-refractivity contribution is 0.140. The summed E-state index contributed by atoms with van der Waals surface area (Å²) in [5.74, 6) is 1.46. The number of ether oxygens (including phenoxy) is 2. The lowest BCUT2D eigenvalue weighted by Gasteiger charge is -2.19. The summed E-state index contributed by atoms with van der Waals surface area (Å²) < 4.78 is 10.7. The maximum Gasteiger partial charge on any atom is 0.161 e. The van der Waals surface area contributed by atoms with Gasteiger partial charge in [-0.3, -0.25) is 0 Å². The number of methoxy groups -OCH3 is 2. The Hall–Kier alpha value is -2.04. The number of aliphatic hydroxyl groups excluding tert-OH is 1. The molecule has 2 aromatic rings. The number of nitrogens with one attached hydrogen (secondary N) is 1. The van der Waals surface area contributed by atoms with Gasteiger partial charge in [0.05, 0.1) is 26.4 Å². The van der Waals surface area contributed by atoms with Gasteiger partial charge >= 0.3 is 0 Å². The van der Waals surface area contributed by atoms with E-state index in [2.05, 4.69) is 24.4 Å². The van der Waals surface area contributed by atoms with E-state index in [-0.39, 0.29) is 12.1 Å². The monoisotopic (exact) mass is 313 g/mol. The first-order valence-corrected chi connectivity index (χ1v) is 7.84. The van der Waals surface area contributed by atoms with E-state index in [4.69, 9.17) is 9.47 Å². The molecular weight excluding hydrogens is 290 g/mol. The van der Waals surface area contributed by atoms with E-state index in [1.54, 1.807) is 14.2 Å². The molecular formula is C19H23NO3. The molecule has 1 aliphatic rings. The molecule has 0 spiro atoms. The maximum atomic E-state index is 10.3. The highest BCUT2D eigenvalue weighted by Crippen LogP contribution is 2.33. The number of aliphatic hydroxyl groups is 1. The van der Waals surface area contributed by atoms with Crippen LogP contribution in [0.2, 0.25) is 0 Å². The van der Waals surface area contributed by atoms with Gasteiger partial charge in [-0.1, -0.05) is 24.3 Å². The summed E-state index contributed by atoms with van der Waals surface area (Å²) in [6.45, 7) is 2.72. The first-order chi connectivity index (χ1) is 11.1. The second-order valence-electron chi connectivity index (χ2n) is 5.96. The van der Waals surface area contributed by atoms with Crippen LogP contribution >= 0.6 is 0 Å². The van der Waals surface area contributed by atoms with Crippen LogP contribution in [0.4, 0.5) is 0 Å². The summed E-state index contributed by atoms with van der Waals surface area (Å²) in [5, 5.41) is 13.8. The SMILES string of the molecule is COc1cc(C)c(CN[C@H]2c3ccccc3C[C@H]2O)cc1OC. The van der Waals surface area contributed by atoms with Crippen molar-refractivity contribution in [2.45, 2.75) is 32.0 Å². The molecule has 2 aromatic carbocycles. The Morgan fingerprint density at radius 3 is 2.57 bits per heavy atom. The molecule has 0 saturated carbocycles. The quantitative estimate of drug-likeness (QED) is 0.891. The van der Waals surface area contributed by atoms with E-state index in [0.717, 1.165) is 22.6 Å². The zero-order valence-corrected chi connectivity index (χ0v) is 13.8. The molecule has 0 radical (unpaired) electrons. The van der Waals surface area contributed by atoms with Crippen LogP contribution in [-0.2, 0) is 13.0 Å². The first kappa shape index (κ1) is 15.8. The Morgan fingerprint density at radius 1 is 1.13 bits per heavy atom. The first-order valence-electron chi connectivity index (χ1n) is 7.84. The average molecular weight is 313 g/mol. The Balaban J connectivity index is 1.79. The second-order valence-corrected chi connectivity index (χ2v) is 5.96. The summed E-state index contributed by atoms with van der Waals surface area (Å²) in [4.78, 5) is 0. The Bertz CT molecular complexity index is 699. The van der Waals surface area contributed by atoms with E-state index in [1.165, 1.54) is 11.1 Å². The molecule has 0 fully saturated rings. The molecule has 4 nitrogen and oxygen atoms in total. The summed E-state index contributed by atoms with van der Waals surface area (Å²) in [5.41, 5.74) is 4.69. The Labute approximate surface area is 137 Å². The molecule has 0 unspecified atom stereocenters. The fourth-order valence-electron chi connectivity index (χ4n) is 3.25. The van der Waals surface area contributed by atoms with Crippen molar-refractivity contribution in [3.63, 3.8) is 0 Å². The molecule has 0 saturated heterocycles. The van der Waals surface area contributed by atoms with Gasteiger partial charge in [-0.25, -0.2) is 0 Å². The Morgan fingerprint density at radius 2 is 1.83 bits per heavy atom. The van der Waals surface area contributed by atoms with Gasteiger partial charge in [-0.2, -0.15) is 0 Å². The highest BCUT2D eigenvalue weighted by atomic mass is 16.5. The van der Waals surface area contributed by atoms with Crippen LogP contribution in [0.5, 0.6) is 11.5 Å². The molecule has 0 bridgehead atoms. The predicted octanol–water partition coefficient (Wildman–Crippen LogP) is 2.76. The molecule has 3 rings (SSSR count). The molecule has 122 valence electrons. The van der Waals surface area contributed by atoms with Crippen LogP contribution in [0, 0.1) is 6.92 Å². The minimum atomic E-state index is -0.382. The van der Waals surface area contributed by atoms with Crippen molar-refractivity contribution in [1.82, 2.24) is 5.32 Å². The van der Waals surface area contributed by atoms with Crippen molar-refractivity contribution in [2.24, 2.45) is 0 Å². The van der Waals surface area contributed by atoms with Crippen molar-refractivity contribution in [2.75, 3.05) is 14.2 Å². The number of fused-ring (bicyclic) bond motifs is 1. The lowest BCUT2D eigenvalue weighted by Crippen LogP contribution is -2.28. The number of rotatable bonds is 5. The number of aryl methyl sites for hydroxylation is 1. The van der Waals surface area contributed by atoms with Crippen molar-refractivity contribution in [3.05, 3.63) is 58.7 Å². The van der Waals surface area contributed by atoms with Gasteiger partial charge < -0.3 is 19.9 Å². The predicted molar refractivity (Wildman–Crippen MR) is 90.0 cm³/mol. The summed E-state index contributed by atoms with van der Waals surface area (Å²) in [6.07, 6.45) is 0.325. The van der Waals surface area contributed by atoms with Gasteiger partial charge in [-0.05, 0) is 41.3 Å². The highest BCUT2D eigenvalue weighted by molar-refractivity contribution is 5.47. The van der Waals surface area contributed by atoms with Crippen LogP contribution in [0.1, 0.15) is 28.3 Å². The van der Waals surface area contributed by atoms with Gasteiger partial charge in [0, 0.05) is 13.0 Å². The van der Waals surface area contributed by atoms with Crippen molar-refractivity contribution in [3.8, 4) is 11.5 Å². The molecule has 4 heteroatoms. The minimum Gasteiger partial charge on any atom is -0.493 e. The van der Waals surface area contributed by atoms with Crippen molar-refractivity contribution < 1.29 is 14.6 Å².